The van der Waals surface area contributed by atoms with Crippen molar-refractivity contribution < 1.29 is 32.3 Å². The molecule has 1 saturated heterocycles. The first-order valence-electron chi connectivity index (χ1n) is 10.2. The molecule has 176 valence electrons. The van der Waals surface area contributed by atoms with Gasteiger partial charge in [-0.1, -0.05) is 0 Å². The Kier molecular flexibility index (Phi) is 6.57. The third-order valence-electron chi connectivity index (χ3n) is 5.15. The number of halogens is 3. The quantitative estimate of drug-likeness (QED) is 0.486. The first kappa shape index (κ1) is 23.0. The second-order valence-corrected chi connectivity index (χ2v) is 7.47. The lowest BCUT2D eigenvalue weighted by Crippen LogP contribution is -2.34. The van der Waals surface area contributed by atoms with Gasteiger partial charge in [-0.3, -0.25) is 19.6 Å². The van der Waals surface area contributed by atoms with Crippen LogP contribution in [0.3, 0.4) is 0 Å². The summed E-state index contributed by atoms with van der Waals surface area (Å²) in [6.07, 6.45) is -0.654. The Hall–Kier alpha value is -4.22. The third-order valence-corrected chi connectivity index (χ3v) is 5.15. The summed E-state index contributed by atoms with van der Waals surface area (Å²) in [7, 11) is 0. The number of aromatic amines is 1. The second kappa shape index (κ2) is 9.73. The van der Waals surface area contributed by atoms with E-state index in [0.717, 1.165) is 12.1 Å². The molecule has 1 aliphatic rings. The molecular weight excluding hydrogens is 455 g/mol. The average molecular weight is 473 g/mol. The van der Waals surface area contributed by atoms with Crippen molar-refractivity contribution in [1.82, 2.24) is 20.5 Å². The van der Waals surface area contributed by atoms with E-state index in [9.17, 15) is 27.6 Å². The van der Waals surface area contributed by atoms with Gasteiger partial charge >= 0.3 is 6.09 Å². The van der Waals surface area contributed by atoms with Crippen LogP contribution in [-0.4, -0.2) is 52.2 Å². The van der Waals surface area contributed by atoms with E-state index in [1.54, 1.807) is 0 Å². The third kappa shape index (κ3) is 5.05. The van der Waals surface area contributed by atoms with Crippen LogP contribution in [0.25, 0.3) is 11.4 Å². The van der Waals surface area contributed by atoms with Crippen molar-refractivity contribution in [1.29, 1.82) is 0 Å². The molecular formula is C22H18F3N5O4. The highest BCUT2D eigenvalue weighted by atomic mass is 19.1. The summed E-state index contributed by atoms with van der Waals surface area (Å²) in [6.45, 7) is 0.0404. The summed E-state index contributed by atoms with van der Waals surface area (Å²) in [5, 5.41) is 8.77. The highest BCUT2D eigenvalue weighted by Gasteiger charge is 2.33. The molecule has 0 unspecified atom stereocenters. The summed E-state index contributed by atoms with van der Waals surface area (Å²) in [5.74, 6) is -3.31. The van der Waals surface area contributed by atoms with Crippen molar-refractivity contribution in [3.8, 4) is 11.4 Å². The first-order valence-corrected chi connectivity index (χ1v) is 10.2. The molecule has 1 aliphatic heterocycles. The Labute approximate surface area is 190 Å². The number of hydrogen-bond donors (Lipinski definition) is 2. The Bertz CT molecular complexity index is 1240. The molecule has 2 heterocycles. The molecule has 2 N–H and O–H groups in total. The zero-order valence-electron chi connectivity index (χ0n) is 17.6. The molecule has 0 radical (unpaired) electrons. The van der Waals surface area contributed by atoms with Gasteiger partial charge in [0.05, 0.1) is 29.9 Å². The van der Waals surface area contributed by atoms with Crippen LogP contribution in [0.2, 0.25) is 0 Å². The van der Waals surface area contributed by atoms with Crippen LogP contribution in [0, 0.1) is 17.5 Å². The Balaban J connectivity index is 1.28. The first-order chi connectivity index (χ1) is 16.3. The molecule has 1 aromatic heterocycles. The van der Waals surface area contributed by atoms with Crippen LogP contribution in [0.15, 0.2) is 42.7 Å². The van der Waals surface area contributed by atoms with Gasteiger partial charge in [-0.25, -0.2) is 22.9 Å². The predicted octanol–water partition coefficient (Wildman–Crippen LogP) is 2.99. The number of Topliss-reactive ketones (excluding diaryl/α,β-unsaturated/α-hetero) is 1. The fourth-order valence-corrected chi connectivity index (χ4v) is 3.43. The summed E-state index contributed by atoms with van der Waals surface area (Å²) in [4.78, 5) is 41.4. The number of anilines is 1. The normalized spacial score (nSPS) is 15.3. The van der Waals surface area contributed by atoms with Crippen LogP contribution in [-0.2, 0) is 9.53 Å². The van der Waals surface area contributed by atoms with E-state index >= 15 is 0 Å². The largest absolute Gasteiger partial charge is 0.442 e. The number of rotatable bonds is 8. The minimum Gasteiger partial charge on any atom is -0.442 e. The summed E-state index contributed by atoms with van der Waals surface area (Å²) < 4.78 is 46.3. The molecule has 0 saturated carbocycles. The van der Waals surface area contributed by atoms with Crippen LogP contribution in [0.1, 0.15) is 23.2 Å². The lowest BCUT2D eigenvalue weighted by atomic mass is 10.1. The SMILES string of the molecule is O=C(CCC(=O)c1ccc(F)cc1F)NC[C@H]1CN(c2ccc(-c3ncn[nH]3)c(F)c2)C(=O)O1. The summed E-state index contributed by atoms with van der Waals surface area (Å²) in [6, 6.07) is 6.74. The second-order valence-electron chi connectivity index (χ2n) is 7.47. The number of carbonyl (C=O) groups excluding carboxylic acids is 3. The number of ether oxygens (including phenoxy) is 1. The van der Waals surface area contributed by atoms with Crippen molar-refractivity contribution >= 4 is 23.5 Å². The van der Waals surface area contributed by atoms with Crippen molar-refractivity contribution in [3.05, 3.63) is 65.7 Å². The zero-order chi connectivity index (χ0) is 24.2. The molecule has 3 aromatic rings. The maximum absolute atomic E-state index is 14.5. The number of benzene rings is 2. The van der Waals surface area contributed by atoms with Crippen molar-refractivity contribution in [2.75, 3.05) is 18.0 Å². The zero-order valence-corrected chi connectivity index (χ0v) is 17.6. The van der Waals surface area contributed by atoms with Gasteiger partial charge in [-0.2, -0.15) is 5.10 Å². The molecule has 1 atom stereocenters. The van der Waals surface area contributed by atoms with Gasteiger partial charge in [0, 0.05) is 18.9 Å². The lowest BCUT2D eigenvalue weighted by Gasteiger charge is -2.14. The van der Waals surface area contributed by atoms with E-state index in [-0.39, 0.29) is 48.6 Å². The minimum absolute atomic E-state index is 0.0290. The summed E-state index contributed by atoms with van der Waals surface area (Å²) >= 11 is 0. The van der Waals surface area contributed by atoms with Crippen molar-refractivity contribution in [2.45, 2.75) is 18.9 Å². The van der Waals surface area contributed by atoms with E-state index in [4.69, 9.17) is 4.74 Å². The number of H-pyrrole nitrogens is 1. The van der Waals surface area contributed by atoms with Gasteiger partial charge < -0.3 is 10.1 Å². The van der Waals surface area contributed by atoms with Gasteiger partial charge in [-0.15, -0.1) is 0 Å². The van der Waals surface area contributed by atoms with Crippen molar-refractivity contribution in [2.24, 2.45) is 0 Å². The average Bonchev–Trinajstić information content (AvgIpc) is 3.46. The number of nitrogens with one attached hydrogen (secondary N) is 2. The smallest absolute Gasteiger partial charge is 0.414 e. The number of ketones is 1. The van der Waals surface area contributed by atoms with Gasteiger partial charge in [0.25, 0.3) is 0 Å². The fourth-order valence-electron chi connectivity index (χ4n) is 3.43. The predicted molar refractivity (Wildman–Crippen MR) is 112 cm³/mol. The Morgan fingerprint density at radius 2 is 1.94 bits per heavy atom. The fraction of sp³-hybridized carbons (Fsp3) is 0.227. The maximum Gasteiger partial charge on any atom is 0.414 e. The molecule has 12 heteroatoms. The molecule has 0 aliphatic carbocycles. The van der Waals surface area contributed by atoms with E-state index in [0.29, 0.717) is 6.07 Å². The van der Waals surface area contributed by atoms with Gasteiger partial charge in [0.2, 0.25) is 5.91 Å². The van der Waals surface area contributed by atoms with Gasteiger partial charge in [0.1, 0.15) is 29.9 Å². The van der Waals surface area contributed by atoms with Crippen LogP contribution in [0.5, 0.6) is 0 Å². The van der Waals surface area contributed by atoms with E-state index in [1.165, 1.54) is 29.4 Å². The number of hydrogen-bond acceptors (Lipinski definition) is 6. The Morgan fingerprint density at radius 1 is 1.12 bits per heavy atom. The summed E-state index contributed by atoms with van der Waals surface area (Å²) in [5.41, 5.74) is 0.162. The lowest BCUT2D eigenvalue weighted by molar-refractivity contribution is -0.121. The molecule has 4 rings (SSSR count). The molecule has 9 nitrogen and oxygen atoms in total. The standard InChI is InChI=1S/C22H18F3N5O4/c23-12-1-3-15(17(24)7-12)19(31)5-6-20(32)26-9-14-10-30(22(33)34-14)13-2-4-16(18(25)8-13)21-27-11-28-29-21/h1-4,7-8,11,14H,5-6,9-10H2,(H,26,32)(H,27,28,29)/t14-/m0/s1. The van der Waals surface area contributed by atoms with Crippen LogP contribution < -0.4 is 10.2 Å². The molecule has 1 fully saturated rings. The molecule has 0 spiro atoms. The Morgan fingerprint density at radius 3 is 2.65 bits per heavy atom. The van der Waals surface area contributed by atoms with E-state index in [1.807, 2.05) is 0 Å². The van der Waals surface area contributed by atoms with E-state index < -0.39 is 41.3 Å². The van der Waals surface area contributed by atoms with Gasteiger partial charge in [0.15, 0.2) is 11.6 Å². The molecule has 34 heavy (non-hydrogen) atoms. The van der Waals surface area contributed by atoms with E-state index in [2.05, 4.69) is 20.5 Å². The number of nitrogens with zero attached hydrogens (tertiary/aromatic N) is 3. The molecule has 2 amide bonds. The maximum atomic E-state index is 14.5. The molecule has 2 aromatic carbocycles. The monoisotopic (exact) mass is 473 g/mol. The highest BCUT2D eigenvalue weighted by Crippen LogP contribution is 2.27. The molecule has 0 bridgehead atoms. The topological polar surface area (TPSA) is 117 Å². The number of amides is 2. The number of aromatic nitrogens is 3. The highest BCUT2D eigenvalue weighted by molar-refractivity contribution is 5.98. The number of cyclic esters (lactones) is 1. The van der Waals surface area contributed by atoms with Crippen LogP contribution in [0.4, 0.5) is 23.7 Å². The minimum atomic E-state index is -0.992. The van der Waals surface area contributed by atoms with Crippen molar-refractivity contribution in [3.63, 3.8) is 0 Å². The number of carbonyl (C=O) groups is 3. The van der Waals surface area contributed by atoms with Crippen LogP contribution >= 0.6 is 0 Å². The van der Waals surface area contributed by atoms with Gasteiger partial charge in [-0.05, 0) is 30.3 Å².